The van der Waals surface area contributed by atoms with Crippen LogP contribution < -0.4 is 5.32 Å². The van der Waals surface area contributed by atoms with E-state index in [1.165, 1.54) is 18.4 Å². The Bertz CT molecular complexity index is 313. The van der Waals surface area contributed by atoms with Crippen molar-refractivity contribution in [2.24, 2.45) is 11.3 Å². The van der Waals surface area contributed by atoms with Gasteiger partial charge >= 0.3 is 0 Å². The maximum Gasteiger partial charge on any atom is 0.0934 e. The van der Waals surface area contributed by atoms with Crippen molar-refractivity contribution < 1.29 is 4.42 Å². The fraction of sp³-hybridized carbons (Fsp3) is 0.714. The first-order chi connectivity index (χ1) is 7.60. The van der Waals surface area contributed by atoms with Crippen molar-refractivity contribution in [2.45, 2.75) is 46.1 Å². The van der Waals surface area contributed by atoms with E-state index < -0.39 is 0 Å². The van der Waals surface area contributed by atoms with E-state index >= 15 is 0 Å². The SMILES string of the molecule is CC(C)NCC(C)(Cc1ccoc1)C1CC1. The van der Waals surface area contributed by atoms with Gasteiger partial charge in [-0.1, -0.05) is 20.8 Å². The van der Waals surface area contributed by atoms with Crippen molar-refractivity contribution in [1.29, 1.82) is 0 Å². The second-order valence-electron chi connectivity index (χ2n) is 5.77. The quantitative estimate of drug-likeness (QED) is 0.797. The first-order valence-corrected chi connectivity index (χ1v) is 6.34. The van der Waals surface area contributed by atoms with Crippen LogP contribution in [0.5, 0.6) is 0 Å². The van der Waals surface area contributed by atoms with Crippen molar-refractivity contribution in [3.63, 3.8) is 0 Å². The summed E-state index contributed by atoms with van der Waals surface area (Å²) < 4.78 is 5.17. The van der Waals surface area contributed by atoms with Crippen LogP contribution in [-0.4, -0.2) is 12.6 Å². The molecule has 0 aliphatic heterocycles. The van der Waals surface area contributed by atoms with Gasteiger partial charge in [0, 0.05) is 12.6 Å². The van der Waals surface area contributed by atoms with E-state index in [-0.39, 0.29) is 0 Å². The molecule has 1 unspecified atom stereocenters. The standard InChI is InChI=1S/C14H23NO/c1-11(2)15-10-14(3,13-4-5-13)8-12-6-7-16-9-12/h6-7,9,11,13,15H,4-5,8,10H2,1-3H3. The molecule has 1 atom stereocenters. The summed E-state index contributed by atoms with van der Waals surface area (Å²) in [4.78, 5) is 0. The first kappa shape index (κ1) is 11.7. The minimum absolute atomic E-state index is 0.397. The fourth-order valence-corrected chi connectivity index (χ4v) is 2.43. The molecular formula is C14H23NO. The van der Waals surface area contributed by atoms with Crippen LogP contribution in [0.15, 0.2) is 23.0 Å². The average molecular weight is 221 g/mol. The normalized spacial score (nSPS) is 20.0. The van der Waals surface area contributed by atoms with Gasteiger partial charge in [-0.15, -0.1) is 0 Å². The smallest absolute Gasteiger partial charge is 0.0934 e. The predicted octanol–water partition coefficient (Wildman–Crippen LogP) is 3.24. The van der Waals surface area contributed by atoms with Gasteiger partial charge in [0.05, 0.1) is 12.5 Å². The van der Waals surface area contributed by atoms with Gasteiger partial charge in [0.1, 0.15) is 0 Å². The van der Waals surface area contributed by atoms with Gasteiger partial charge in [-0.2, -0.15) is 0 Å². The summed E-state index contributed by atoms with van der Waals surface area (Å²) in [6.07, 6.45) is 7.59. The molecular weight excluding hydrogens is 198 g/mol. The number of hydrogen-bond acceptors (Lipinski definition) is 2. The second-order valence-corrected chi connectivity index (χ2v) is 5.77. The van der Waals surface area contributed by atoms with Gasteiger partial charge in [0.2, 0.25) is 0 Å². The van der Waals surface area contributed by atoms with Gasteiger partial charge in [0.25, 0.3) is 0 Å². The minimum atomic E-state index is 0.397. The number of hydrogen-bond donors (Lipinski definition) is 1. The monoisotopic (exact) mass is 221 g/mol. The summed E-state index contributed by atoms with van der Waals surface area (Å²) in [7, 11) is 0. The minimum Gasteiger partial charge on any atom is -0.472 e. The lowest BCUT2D eigenvalue weighted by Crippen LogP contribution is -2.38. The number of nitrogens with one attached hydrogen (secondary N) is 1. The van der Waals surface area contributed by atoms with Crippen molar-refractivity contribution in [3.8, 4) is 0 Å². The molecule has 1 heterocycles. The van der Waals surface area contributed by atoms with Gasteiger partial charge in [-0.3, -0.25) is 0 Å². The zero-order valence-electron chi connectivity index (χ0n) is 10.6. The molecule has 1 aliphatic rings. The molecule has 16 heavy (non-hydrogen) atoms. The highest BCUT2D eigenvalue weighted by Crippen LogP contribution is 2.47. The molecule has 2 nitrogen and oxygen atoms in total. The van der Waals surface area contributed by atoms with Crippen LogP contribution in [0.25, 0.3) is 0 Å². The van der Waals surface area contributed by atoms with Crippen molar-refractivity contribution in [1.82, 2.24) is 5.32 Å². The summed E-state index contributed by atoms with van der Waals surface area (Å²) in [5.41, 5.74) is 1.73. The van der Waals surface area contributed by atoms with E-state index in [1.807, 2.05) is 6.26 Å². The molecule has 0 amide bonds. The number of rotatable bonds is 6. The van der Waals surface area contributed by atoms with Gasteiger partial charge in [0.15, 0.2) is 0 Å². The Labute approximate surface area is 98.4 Å². The van der Waals surface area contributed by atoms with Crippen LogP contribution in [0.2, 0.25) is 0 Å². The Morgan fingerprint density at radius 1 is 1.50 bits per heavy atom. The lowest BCUT2D eigenvalue weighted by atomic mass is 9.79. The topological polar surface area (TPSA) is 25.2 Å². The van der Waals surface area contributed by atoms with Crippen LogP contribution in [-0.2, 0) is 6.42 Å². The molecule has 0 aromatic carbocycles. The first-order valence-electron chi connectivity index (χ1n) is 6.34. The molecule has 2 heteroatoms. The summed E-state index contributed by atoms with van der Waals surface area (Å²) in [6, 6.07) is 2.66. The van der Waals surface area contributed by atoms with Crippen LogP contribution in [0.4, 0.5) is 0 Å². The molecule has 1 N–H and O–H groups in total. The lowest BCUT2D eigenvalue weighted by Gasteiger charge is -2.31. The van der Waals surface area contributed by atoms with Gasteiger partial charge in [-0.05, 0) is 42.2 Å². The molecule has 0 radical (unpaired) electrons. The van der Waals surface area contributed by atoms with E-state index in [0.29, 0.717) is 11.5 Å². The maximum atomic E-state index is 5.17. The Balaban J connectivity index is 1.97. The molecule has 1 aromatic rings. The Hall–Kier alpha value is -0.760. The molecule has 0 saturated heterocycles. The van der Waals surface area contributed by atoms with E-state index in [0.717, 1.165) is 18.9 Å². The maximum absolute atomic E-state index is 5.17. The summed E-state index contributed by atoms with van der Waals surface area (Å²) in [6.45, 7) is 7.95. The molecule has 1 saturated carbocycles. The summed E-state index contributed by atoms with van der Waals surface area (Å²) in [5.74, 6) is 0.897. The third kappa shape index (κ3) is 2.88. The third-order valence-corrected chi connectivity index (χ3v) is 3.67. The molecule has 1 aromatic heterocycles. The highest BCUT2D eigenvalue weighted by atomic mass is 16.3. The molecule has 2 rings (SSSR count). The average Bonchev–Trinajstić information content (AvgIpc) is 2.98. The lowest BCUT2D eigenvalue weighted by molar-refractivity contribution is 0.248. The highest BCUT2D eigenvalue weighted by Gasteiger charge is 2.41. The summed E-state index contributed by atoms with van der Waals surface area (Å²) >= 11 is 0. The third-order valence-electron chi connectivity index (χ3n) is 3.67. The van der Waals surface area contributed by atoms with Crippen molar-refractivity contribution in [2.75, 3.05) is 6.54 Å². The number of furan rings is 1. The van der Waals surface area contributed by atoms with Crippen LogP contribution in [0.3, 0.4) is 0 Å². The molecule has 0 bridgehead atoms. The van der Waals surface area contributed by atoms with E-state index in [2.05, 4.69) is 32.2 Å². The highest BCUT2D eigenvalue weighted by molar-refractivity contribution is 5.11. The molecule has 0 spiro atoms. The van der Waals surface area contributed by atoms with Crippen LogP contribution in [0, 0.1) is 11.3 Å². The van der Waals surface area contributed by atoms with Crippen molar-refractivity contribution >= 4 is 0 Å². The summed E-state index contributed by atoms with van der Waals surface area (Å²) in [5, 5.41) is 3.59. The predicted molar refractivity (Wildman–Crippen MR) is 66.4 cm³/mol. The fourth-order valence-electron chi connectivity index (χ4n) is 2.43. The molecule has 90 valence electrons. The Morgan fingerprint density at radius 3 is 2.75 bits per heavy atom. The van der Waals surface area contributed by atoms with E-state index in [9.17, 15) is 0 Å². The van der Waals surface area contributed by atoms with Crippen molar-refractivity contribution in [3.05, 3.63) is 24.2 Å². The zero-order chi connectivity index (χ0) is 11.6. The van der Waals surface area contributed by atoms with Gasteiger partial charge < -0.3 is 9.73 Å². The van der Waals surface area contributed by atoms with Crippen LogP contribution >= 0.6 is 0 Å². The van der Waals surface area contributed by atoms with E-state index in [1.54, 1.807) is 6.26 Å². The van der Waals surface area contributed by atoms with E-state index in [4.69, 9.17) is 4.42 Å². The molecule has 1 fully saturated rings. The molecule has 1 aliphatic carbocycles. The van der Waals surface area contributed by atoms with Gasteiger partial charge in [-0.25, -0.2) is 0 Å². The zero-order valence-corrected chi connectivity index (χ0v) is 10.6. The second kappa shape index (κ2) is 4.62. The Kier molecular flexibility index (Phi) is 3.38. The largest absolute Gasteiger partial charge is 0.472 e. The Morgan fingerprint density at radius 2 is 2.25 bits per heavy atom. The van der Waals surface area contributed by atoms with Crippen LogP contribution in [0.1, 0.15) is 39.2 Å².